The van der Waals surface area contributed by atoms with Crippen molar-refractivity contribution in [3.8, 4) is 0 Å². The van der Waals surface area contributed by atoms with Gasteiger partial charge in [-0.15, -0.1) is 0 Å². The Bertz CT molecular complexity index is 502. The van der Waals surface area contributed by atoms with E-state index in [-0.39, 0.29) is 0 Å². The van der Waals surface area contributed by atoms with Crippen LogP contribution in [0, 0.1) is 11.8 Å². The quantitative estimate of drug-likeness (QED) is 0.583. The summed E-state index contributed by atoms with van der Waals surface area (Å²) in [4.78, 5) is 0. The molecule has 0 aromatic carbocycles. The Morgan fingerprint density at radius 1 is 0.579 bits per heavy atom. The topological polar surface area (TPSA) is 0 Å². The number of allylic oxidation sites excluding steroid dienone is 8. The Balaban J connectivity index is 2.32. The van der Waals surface area contributed by atoms with E-state index in [1.54, 1.807) is 31.2 Å². The molecule has 0 amide bonds. The Kier molecular flexibility index (Phi) is 4.00. The van der Waals surface area contributed by atoms with Crippen molar-refractivity contribution in [3.05, 3.63) is 42.4 Å². The van der Waals surface area contributed by atoms with Gasteiger partial charge in [-0.05, 0) is 0 Å². The fraction of sp³-hybridized carbons (Fsp3) is 0.556. The van der Waals surface area contributed by atoms with Crippen LogP contribution in [0.25, 0.3) is 0 Å². The molecular formula is C18H26Mn. The van der Waals surface area contributed by atoms with E-state index >= 15 is 0 Å². The van der Waals surface area contributed by atoms with E-state index in [1.807, 2.05) is 0 Å². The van der Waals surface area contributed by atoms with Crippen LogP contribution in [0.15, 0.2) is 42.4 Å². The summed E-state index contributed by atoms with van der Waals surface area (Å²) in [6.45, 7) is 18.6. The van der Waals surface area contributed by atoms with Gasteiger partial charge in [-0.1, -0.05) is 0 Å². The molecule has 0 fully saturated rings. The second kappa shape index (κ2) is 5.11. The Morgan fingerprint density at radius 2 is 0.895 bits per heavy atom. The van der Waals surface area contributed by atoms with Crippen molar-refractivity contribution in [1.82, 2.24) is 0 Å². The molecule has 2 unspecified atom stereocenters. The average molecular weight is 297 g/mol. The van der Waals surface area contributed by atoms with Crippen molar-refractivity contribution >= 4 is 0 Å². The predicted molar refractivity (Wildman–Crippen MR) is 80.5 cm³/mol. The first-order valence-corrected chi connectivity index (χ1v) is 8.37. The molecule has 2 aliphatic rings. The van der Waals surface area contributed by atoms with E-state index in [2.05, 4.69) is 55.4 Å². The van der Waals surface area contributed by atoms with Gasteiger partial charge in [0, 0.05) is 0 Å². The van der Waals surface area contributed by atoms with E-state index in [0.717, 1.165) is 15.0 Å². The van der Waals surface area contributed by atoms with Crippen LogP contribution in [0.1, 0.15) is 55.4 Å². The summed E-state index contributed by atoms with van der Waals surface area (Å²) in [5, 5.41) is 0. The third-order valence-electron chi connectivity index (χ3n) is 5.29. The van der Waals surface area contributed by atoms with Crippen LogP contribution >= 0.6 is 0 Å². The summed E-state index contributed by atoms with van der Waals surface area (Å²) in [5.41, 5.74) is 9.32. The minimum absolute atomic E-state index is 0.647. The standard InChI is InChI=1S/2C9H13.Mn/c2*1-6-5-7(2)9(4)8(6)3;/h2*6H,1-4H3;. The first-order valence-electron chi connectivity index (χ1n) is 7.19. The zero-order chi connectivity index (χ0) is 14.5. The molecule has 2 aliphatic carbocycles. The fourth-order valence-corrected chi connectivity index (χ4v) is 5.29. The van der Waals surface area contributed by atoms with Crippen molar-refractivity contribution in [1.29, 1.82) is 0 Å². The summed E-state index contributed by atoms with van der Waals surface area (Å²) in [6, 6.07) is 0. The molecule has 0 nitrogen and oxygen atoms in total. The van der Waals surface area contributed by atoms with Gasteiger partial charge >= 0.3 is 125 Å². The molecule has 2 atom stereocenters. The van der Waals surface area contributed by atoms with Gasteiger partial charge in [-0.2, -0.15) is 0 Å². The van der Waals surface area contributed by atoms with Crippen LogP contribution in [0.5, 0.6) is 0 Å². The van der Waals surface area contributed by atoms with Crippen LogP contribution in [0.2, 0.25) is 0 Å². The van der Waals surface area contributed by atoms with Crippen molar-refractivity contribution in [3.63, 3.8) is 0 Å². The minimum atomic E-state index is 0.647. The van der Waals surface area contributed by atoms with Crippen LogP contribution < -0.4 is 0 Å². The Hall–Kier alpha value is -0.521. The van der Waals surface area contributed by atoms with Crippen LogP contribution in [0.3, 0.4) is 0 Å². The molecular weight excluding hydrogens is 271 g/mol. The molecule has 2 rings (SSSR count). The molecule has 0 saturated carbocycles. The van der Waals surface area contributed by atoms with Gasteiger partial charge in [0.1, 0.15) is 0 Å². The number of hydrogen-bond donors (Lipinski definition) is 0. The molecule has 0 aromatic heterocycles. The van der Waals surface area contributed by atoms with Crippen molar-refractivity contribution in [2.45, 2.75) is 55.4 Å². The zero-order valence-corrected chi connectivity index (χ0v) is 14.7. The molecule has 0 heterocycles. The van der Waals surface area contributed by atoms with Crippen molar-refractivity contribution in [2.75, 3.05) is 0 Å². The molecule has 0 bridgehead atoms. The van der Waals surface area contributed by atoms with Gasteiger partial charge in [0.05, 0.1) is 0 Å². The van der Waals surface area contributed by atoms with E-state index in [1.165, 1.54) is 11.1 Å². The fourth-order valence-electron chi connectivity index (χ4n) is 3.04. The molecule has 0 N–H and O–H groups in total. The maximum atomic E-state index is 2.38. The van der Waals surface area contributed by atoms with Crippen molar-refractivity contribution < 1.29 is 15.0 Å². The third-order valence-corrected chi connectivity index (χ3v) is 7.83. The monoisotopic (exact) mass is 297 g/mol. The normalized spacial score (nSPS) is 28.4. The first kappa shape index (κ1) is 14.9. The molecule has 0 spiro atoms. The van der Waals surface area contributed by atoms with Crippen molar-refractivity contribution in [2.24, 2.45) is 11.8 Å². The van der Waals surface area contributed by atoms with Gasteiger partial charge in [0.25, 0.3) is 0 Å². The van der Waals surface area contributed by atoms with Gasteiger partial charge in [0.15, 0.2) is 0 Å². The number of rotatable bonds is 2. The van der Waals surface area contributed by atoms with Gasteiger partial charge in [0.2, 0.25) is 0 Å². The Morgan fingerprint density at radius 3 is 1.11 bits per heavy atom. The summed E-state index contributed by atoms with van der Waals surface area (Å²) < 4.78 is 3.37. The first-order chi connectivity index (χ1) is 8.77. The van der Waals surface area contributed by atoms with Gasteiger partial charge in [-0.25, -0.2) is 0 Å². The molecule has 0 aromatic rings. The van der Waals surface area contributed by atoms with E-state index in [0.29, 0.717) is 11.8 Å². The average Bonchev–Trinajstić information content (AvgIpc) is 2.68. The second-order valence-corrected chi connectivity index (χ2v) is 7.67. The second-order valence-electron chi connectivity index (χ2n) is 6.10. The molecule has 0 aliphatic heterocycles. The SMILES string of the molecule is CC1=C(C)C(C)[C]([Mn][C]2=C(C)C(C)=C(C)C2C)=C1C. The Labute approximate surface area is 124 Å². The molecule has 1 heteroatoms. The zero-order valence-electron chi connectivity index (χ0n) is 13.5. The molecule has 19 heavy (non-hydrogen) atoms. The molecule has 0 saturated heterocycles. The molecule has 105 valence electrons. The van der Waals surface area contributed by atoms with Gasteiger partial charge < -0.3 is 0 Å². The maximum absolute atomic E-state index is 2.38. The van der Waals surface area contributed by atoms with Crippen LogP contribution in [-0.2, 0) is 15.0 Å². The summed E-state index contributed by atoms with van der Waals surface area (Å²) >= 11 is 0.844. The summed E-state index contributed by atoms with van der Waals surface area (Å²) in [6.07, 6.45) is 0. The van der Waals surface area contributed by atoms with E-state index in [4.69, 9.17) is 0 Å². The summed E-state index contributed by atoms with van der Waals surface area (Å²) in [5.74, 6) is 1.29. The van der Waals surface area contributed by atoms with E-state index < -0.39 is 0 Å². The van der Waals surface area contributed by atoms with Crippen LogP contribution in [-0.4, -0.2) is 0 Å². The van der Waals surface area contributed by atoms with Gasteiger partial charge in [-0.3, -0.25) is 0 Å². The summed E-state index contributed by atoms with van der Waals surface area (Å²) in [7, 11) is 0. The predicted octanol–water partition coefficient (Wildman–Crippen LogP) is 5.59. The number of hydrogen-bond acceptors (Lipinski definition) is 0. The third kappa shape index (κ3) is 2.22. The van der Waals surface area contributed by atoms with E-state index in [9.17, 15) is 0 Å². The van der Waals surface area contributed by atoms with Crippen LogP contribution in [0.4, 0.5) is 0 Å². The molecule has 0 radical (unpaired) electrons.